The highest BCUT2D eigenvalue weighted by Gasteiger charge is 2.52. The van der Waals surface area contributed by atoms with Gasteiger partial charge < -0.3 is 5.32 Å². The summed E-state index contributed by atoms with van der Waals surface area (Å²) in [6.07, 6.45) is 5.16. The Morgan fingerprint density at radius 3 is 2.68 bits per heavy atom. The molecule has 3 amide bonds. The van der Waals surface area contributed by atoms with Gasteiger partial charge in [-0.3, -0.25) is 14.7 Å². The van der Waals surface area contributed by atoms with Crippen LogP contribution in [0, 0.1) is 0 Å². The first-order valence-corrected chi connectivity index (χ1v) is 7.15. The third kappa shape index (κ3) is 2.14. The van der Waals surface area contributed by atoms with E-state index >= 15 is 0 Å². The third-order valence-electron chi connectivity index (χ3n) is 3.81. The summed E-state index contributed by atoms with van der Waals surface area (Å²) in [7, 11) is 0. The van der Waals surface area contributed by atoms with Crippen LogP contribution < -0.4 is 5.32 Å². The first-order chi connectivity index (χ1) is 9.11. The largest absolute Gasteiger partial charge is 0.325 e. The van der Waals surface area contributed by atoms with Gasteiger partial charge in [0.1, 0.15) is 5.54 Å². The minimum atomic E-state index is -0.632. The van der Waals surface area contributed by atoms with Gasteiger partial charge in [-0.15, -0.1) is 0 Å². The number of hydrogen-bond donors (Lipinski definition) is 1. The lowest BCUT2D eigenvalue weighted by molar-refractivity contribution is -0.131. The number of halogens is 1. The van der Waals surface area contributed by atoms with Crippen molar-refractivity contribution in [2.24, 2.45) is 0 Å². The lowest BCUT2D eigenvalue weighted by Crippen LogP contribution is -2.44. The monoisotopic (exact) mass is 323 g/mol. The normalized spacial score (nSPS) is 21.2. The molecule has 19 heavy (non-hydrogen) atoms. The van der Waals surface area contributed by atoms with Gasteiger partial charge in [0.15, 0.2) is 0 Å². The van der Waals surface area contributed by atoms with E-state index in [1.807, 2.05) is 12.1 Å². The Balaban J connectivity index is 1.79. The van der Waals surface area contributed by atoms with E-state index < -0.39 is 5.54 Å². The molecule has 2 fully saturated rings. The third-order valence-corrected chi connectivity index (χ3v) is 4.28. The van der Waals surface area contributed by atoms with Crippen molar-refractivity contribution in [1.82, 2.24) is 15.2 Å². The average Bonchev–Trinajstić information content (AvgIpc) is 2.94. The summed E-state index contributed by atoms with van der Waals surface area (Å²) in [5, 5.41) is 2.86. The van der Waals surface area contributed by atoms with Gasteiger partial charge in [0.05, 0.1) is 12.2 Å². The number of imide groups is 1. The van der Waals surface area contributed by atoms with Crippen molar-refractivity contribution in [3.8, 4) is 0 Å². The zero-order valence-electron chi connectivity index (χ0n) is 10.4. The Hall–Kier alpha value is -1.43. The highest BCUT2D eigenvalue weighted by molar-refractivity contribution is 9.10. The molecule has 5 nitrogen and oxygen atoms in total. The van der Waals surface area contributed by atoms with Gasteiger partial charge in [-0.2, -0.15) is 0 Å². The Bertz CT molecular complexity index is 523. The highest BCUT2D eigenvalue weighted by Crippen LogP contribution is 2.35. The second-order valence-electron chi connectivity index (χ2n) is 5.08. The standard InChI is InChI=1S/C13H14BrN3O2/c14-9-3-4-10(15-7-9)8-17-11(18)13(16-12(17)19)5-1-2-6-13/h3-4,7H,1-2,5-6,8H2,(H,16,19). The summed E-state index contributed by atoms with van der Waals surface area (Å²) in [5.74, 6) is -0.0975. The van der Waals surface area contributed by atoms with Crippen LogP contribution in [0.5, 0.6) is 0 Å². The van der Waals surface area contributed by atoms with Crippen molar-refractivity contribution in [3.63, 3.8) is 0 Å². The summed E-state index contributed by atoms with van der Waals surface area (Å²) < 4.78 is 0.876. The molecular formula is C13H14BrN3O2. The number of carbonyl (C=O) groups excluding carboxylic acids is 2. The lowest BCUT2D eigenvalue weighted by Gasteiger charge is -2.19. The second kappa shape index (κ2) is 4.59. The van der Waals surface area contributed by atoms with Crippen LogP contribution in [0.3, 0.4) is 0 Å². The molecule has 0 radical (unpaired) electrons. The van der Waals surface area contributed by atoms with Gasteiger partial charge in [-0.05, 0) is 40.9 Å². The Kier molecular flexibility index (Phi) is 3.05. The molecule has 3 rings (SSSR count). The van der Waals surface area contributed by atoms with Crippen molar-refractivity contribution >= 4 is 27.9 Å². The molecule has 1 spiro atoms. The molecule has 1 saturated carbocycles. The summed E-state index contributed by atoms with van der Waals surface area (Å²) in [6, 6.07) is 3.37. The second-order valence-corrected chi connectivity index (χ2v) is 5.99. The van der Waals surface area contributed by atoms with Gasteiger partial charge in [-0.1, -0.05) is 12.8 Å². The molecule has 0 unspecified atom stereocenters. The SMILES string of the molecule is O=C1NC2(CCCC2)C(=O)N1Cc1ccc(Br)cn1. The van der Waals surface area contributed by atoms with E-state index in [1.165, 1.54) is 4.90 Å². The van der Waals surface area contributed by atoms with Crippen molar-refractivity contribution in [1.29, 1.82) is 0 Å². The summed E-state index contributed by atoms with van der Waals surface area (Å²) in [6.45, 7) is 0.236. The van der Waals surface area contributed by atoms with Crippen LogP contribution in [0.15, 0.2) is 22.8 Å². The maximum absolute atomic E-state index is 12.4. The van der Waals surface area contributed by atoms with E-state index in [9.17, 15) is 9.59 Å². The molecule has 2 heterocycles. The quantitative estimate of drug-likeness (QED) is 0.849. The van der Waals surface area contributed by atoms with E-state index in [1.54, 1.807) is 6.20 Å². The molecule has 2 aliphatic rings. The molecular weight excluding hydrogens is 310 g/mol. The number of pyridine rings is 1. The lowest BCUT2D eigenvalue weighted by atomic mass is 9.98. The number of nitrogens with zero attached hydrogens (tertiary/aromatic N) is 2. The molecule has 6 heteroatoms. The van der Waals surface area contributed by atoms with E-state index in [4.69, 9.17) is 0 Å². The molecule has 1 aromatic heterocycles. The molecule has 0 atom stereocenters. The molecule has 1 aromatic rings. The van der Waals surface area contributed by atoms with Crippen molar-refractivity contribution < 1.29 is 9.59 Å². The van der Waals surface area contributed by atoms with Crippen LogP contribution in [0.2, 0.25) is 0 Å². The molecule has 0 aromatic carbocycles. The van der Waals surface area contributed by atoms with Gasteiger partial charge in [0.25, 0.3) is 5.91 Å². The summed E-state index contributed by atoms with van der Waals surface area (Å²) in [4.78, 5) is 29.9. The molecule has 1 aliphatic heterocycles. The van der Waals surface area contributed by atoms with E-state index in [0.29, 0.717) is 5.69 Å². The number of rotatable bonds is 2. The Morgan fingerprint density at radius 1 is 1.32 bits per heavy atom. The topological polar surface area (TPSA) is 62.3 Å². The Morgan fingerprint density at radius 2 is 2.05 bits per heavy atom. The molecule has 1 aliphatic carbocycles. The fourth-order valence-corrected chi connectivity index (χ4v) is 3.03. The van der Waals surface area contributed by atoms with Gasteiger partial charge in [-0.25, -0.2) is 4.79 Å². The van der Waals surface area contributed by atoms with Crippen molar-refractivity contribution in [2.45, 2.75) is 37.8 Å². The van der Waals surface area contributed by atoms with Gasteiger partial charge >= 0.3 is 6.03 Å². The van der Waals surface area contributed by atoms with Crippen LogP contribution in [0.4, 0.5) is 4.79 Å². The first kappa shape index (κ1) is 12.6. The summed E-state index contributed by atoms with van der Waals surface area (Å²) >= 11 is 3.31. The van der Waals surface area contributed by atoms with Crippen molar-refractivity contribution in [2.75, 3.05) is 0 Å². The molecule has 0 bridgehead atoms. The van der Waals surface area contributed by atoms with E-state index in [2.05, 4.69) is 26.2 Å². The van der Waals surface area contributed by atoms with Gasteiger partial charge in [0.2, 0.25) is 0 Å². The minimum absolute atomic E-state index is 0.0975. The highest BCUT2D eigenvalue weighted by atomic mass is 79.9. The number of hydrogen-bond acceptors (Lipinski definition) is 3. The summed E-state index contributed by atoms with van der Waals surface area (Å²) in [5.41, 5.74) is 0.0775. The Labute approximate surface area is 119 Å². The number of aromatic nitrogens is 1. The predicted molar refractivity (Wildman–Crippen MR) is 72.2 cm³/mol. The van der Waals surface area contributed by atoms with Gasteiger partial charge in [0, 0.05) is 10.7 Å². The van der Waals surface area contributed by atoms with Crippen molar-refractivity contribution in [3.05, 3.63) is 28.5 Å². The van der Waals surface area contributed by atoms with Crippen LogP contribution in [-0.2, 0) is 11.3 Å². The minimum Gasteiger partial charge on any atom is -0.323 e. The number of nitrogens with one attached hydrogen (secondary N) is 1. The number of carbonyl (C=O) groups is 2. The van der Waals surface area contributed by atoms with E-state index in [0.717, 1.165) is 30.2 Å². The van der Waals surface area contributed by atoms with Crippen LogP contribution >= 0.6 is 15.9 Å². The first-order valence-electron chi connectivity index (χ1n) is 6.35. The predicted octanol–water partition coefficient (Wildman–Crippen LogP) is 2.21. The average molecular weight is 324 g/mol. The van der Waals surface area contributed by atoms with Crippen LogP contribution in [0.1, 0.15) is 31.4 Å². The van der Waals surface area contributed by atoms with Crippen LogP contribution in [-0.4, -0.2) is 27.4 Å². The number of amides is 3. The van der Waals surface area contributed by atoms with Crippen LogP contribution in [0.25, 0.3) is 0 Å². The molecule has 1 saturated heterocycles. The smallest absolute Gasteiger partial charge is 0.323 e. The molecule has 1 N–H and O–H groups in total. The fraction of sp³-hybridized carbons (Fsp3) is 0.462. The maximum atomic E-state index is 12.4. The zero-order chi connectivity index (χ0) is 13.5. The fourth-order valence-electron chi connectivity index (χ4n) is 2.80. The maximum Gasteiger partial charge on any atom is 0.325 e. The molecule has 100 valence electrons. The number of urea groups is 1. The zero-order valence-corrected chi connectivity index (χ0v) is 11.9. The van der Waals surface area contributed by atoms with E-state index in [-0.39, 0.29) is 18.5 Å².